The van der Waals surface area contributed by atoms with Crippen LogP contribution in [-0.2, 0) is 4.74 Å². The second-order valence-electron chi connectivity index (χ2n) is 4.98. The summed E-state index contributed by atoms with van der Waals surface area (Å²) in [7, 11) is 0. The maximum absolute atomic E-state index is 11.8. The number of ether oxygens (including phenoxy) is 1. The molecule has 134 valence electrons. The van der Waals surface area contributed by atoms with Gasteiger partial charge in [0.15, 0.2) is 5.96 Å². The van der Waals surface area contributed by atoms with Crippen molar-refractivity contribution in [1.29, 1.82) is 0 Å². The predicted molar refractivity (Wildman–Crippen MR) is 94.8 cm³/mol. The van der Waals surface area contributed by atoms with Gasteiger partial charge in [0, 0.05) is 19.7 Å². The Morgan fingerprint density at radius 3 is 2.36 bits per heavy atom. The smallest absolute Gasteiger partial charge is 0.372 e. The van der Waals surface area contributed by atoms with Crippen molar-refractivity contribution < 1.29 is 17.9 Å². The molecular weight excluding hydrogens is 410 g/mol. The molecule has 0 saturated carbocycles. The van der Waals surface area contributed by atoms with Crippen molar-refractivity contribution in [2.24, 2.45) is 10.7 Å². The average Bonchev–Trinajstić information content (AvgIpc) is 2.40. The Balaban J connectivity index is 0. The molecule has 0 aromatic rings. The van der Waals surface area contributed by atoms with E-state index in [1.165, 1.54) is 32.1 Å². The summed E-state index contributed by atoms with van der Waals surface area (Å²) in [6.07, 6.45) is 3.43. The Kier molecular flexibility index (Phi) is 17.1. The first-order valence-corrected chi connectivity index (χ1v) is 7.64. The van der Waals surface area contributed by atoms with Crippen molar-refractivity contribution in [1.82, 2.24) is 5.32 Å². The van der Waals surface area contributed by atoms with E-state index in [0.29, 0.717) is 18.9 Å². The van der Waals surface area contributed by atoms with Gasteiger partial charge in [-0.25, -0.2) is 0 Å². The van der Waals surface area contributed by atoms with Crippen LogP contribution in [0.4, 0.5) is 13.2 Å². The molecule has 0 heterocycles. The molecule has 0 fully saturated rings. The van der Waals surface area contributed by atoms with Crippen molar-refractivity contribution in [3.8, 4) is 0 Å². The number of guanidine groups is 1. The Bertz CT molecular complexity index is 277. The van der Waals surface area contributed by atoms with E-state index >= 15 is 0 Å². The Morgan fingerprint density at radius 1 is 1.09 bits per heavy atom. The molecule has 0 aromatic heterocycles. The first kappa shape index (κ1) is 24.0. The van der Waals surface area contributed by atoms with E-state index < -0.39 is 12.8 Å². The molecule has 0 rings (SSSR count). The lowest BCUT2D eigenvalue weighted by Gasteiger charge is -2.07. The minimum Gasteiger partial charge on any atom is -0.372 e. The maximum Gasteiger partial charge on any atom is 0.411 e. The van der Waals surface area contributed by atoms with Crippen LogP contribution in [0.3, 0.4) is 0 Å². The lowest BCUT2D eigenvalue weighted by molar-refractivity contribution is -0.173. The number of hydrogen-bond acceptors (Lipinski definition) is 2. The predicted octanol–water partition coefficient (Wildman–Crippen LogP) is 3.84. The number of unbranched alkanes of at least 4 members (excludes halogenated alkanes) is 5. The van der Waals surface area contributed by atoms with Crippen LogP contribution in [0.15, 0.2) is 4.99 Å². The molecule has 0 saturated heterocycles. The summed E-state index contributed by atoms with van der Waals surface area (Å²) in [5, 5.41) is 3.00. The van der Waals surface area contributed by atoms with Crippen molar-refractivity contribution in [2.75, 3.05) is 26.3 Å². The number of hydrogen-bond donors (Lipinski definition) is 2. The van der Waals surface area contributed by atoms with E-state index in [2.05, 4.69) is 22.0 Å². The van der Waals surface area contributed by atoms with Crippen molar-refractivity contribution >= 4 is 29.9 Å². The van der Waals surface area contributed by atoms with Gasteiger partial charge < -0.3 is 15.8 Å². The minimum absolute atomic E-state index is 0. The Labute approximate surface area is 148 Å². The van der Waals surface area contributed by atoms with Gasteiger partial charge in [0.1, 0.15) is 6.61 Å². The van der Waals surface area contributed by atoms with Crippen LogP contribution in [0.1, 0.15) is 51.9 Å². The fraction of sp³-hybridized carbons (Fsp3) is 0.929. The molecule has 0 bridgehead atoms. The number of nitrogens with two attached hydrogens (primary N) is 1. The molecule has 4 nitrogen and oxygen atoms in total. The molecule has 0 aliphatic rings. The average molecular weight is 439 g/mol. The van der Waals surface area contributed by atoms with E-state index in [-0.39, 0.29) is 30.6 Å². The normalized spacial score (nSPS) is 12.1. The van der Waals surface area contributed by atoms with E-state index in [1.807, 2.05) is 0 Å². The van der Waals surface area contributed by atoms with Crippen molar-refractivity contribution in [3.63, 3.8) is 0 Å². The molecular formula is C14H29F3IN3O. The third kappa shape index (κ3) is 19.8. The molecule has 22 heavy (non-hydrogen) atoms. The number of rotatable bonds is 12. The number of alkyl halides is 3. The van der Waals surface area contributed by atoms with Gasteiger partial charge in [0.25, 0.3) is 0 Å². The summed E-state index contributed by atoms with van der Waals surface area (Å²) in [4.78, 5) is 4.03. The third-order valence-corrected chi connectivity index (χ3v) is 2.83. The van der Waals surface area contributed by atoms with Gasteiger partial charge in [-0.05, 0) is 12.8 Å². The summed E-state index contributed by atoms with van der Waals surface area (Å²) in [6, 6.07) is 0. The number of nitrogens with one attached hydrogen (secondary N) is 1. The fourth-order valence-corrected chi connectivity index (χ4v) is 1.73. The summed E-state index contributed by atoms with van der Waals surface area (Å²) in [5.74, 6) is 0.347. The topological polar surface area (TPSA) is 59.6 Å². The number of aliphatic imine (C=N–C) groups is 1. The van der Waals surface area contributed by atoms with Gasteiger partial charge in [-0.2, -0.15) is 13.2 Å². The summed E-state index contributed by atoms with van der Waals surface area (Å²) >= 11 is 0. The van der Waals surface area contributed by atoms with Crippen molar-refractivity contribution in [3.05, 3.63) is 0 Å². The van der Waals surface area contributed by atoms with Gasteiger partial charge in [0.2, 0.25) is 0 Å². The number of halogens is 4. The quantitative estimate of drug-likeness (QED) is 0.210. The zero-order chi connectivity index (χ0) is 16.0. The van der Waals surface area contributed by atoms with Crippen LogP contribution in [0.5, 0.6) is 0 Å². The Morgan fingerprint density at radius 2 is 1.73 bits per heavy atom. The first-order valence-electron chi connectivity index (χ1n) is 7.64. The fourth-order valence-electron chi connectivity index (χ4n) is 1.73. The monoisotopic (exact) mass is 439 g/mol. The van der Waals surface area contributed by atoms with Crippen LogP contribution in [-0.4, -0.2) is 38.4 Å². The lowest BCUT2D eigenvalue weighted by Crippen LogP contribution is -2.32. The molecule has 0 atom stereocenters. The highest BCUT2D eigenvalue weighted by Gasteiger charge is 2.27. The van der Waals surface area contributed by atoms with Gasteiger partial charge in [-0.3, -0.25) is 4.99 Å². The maximum atomic E-state index is 11.8. The standard InChI is InChI=1S/C14H28F3N3O.HI/c1-2-3-4-5-6-7-9-19-13(18)20-10-8-11-21-12-14(15,16)17;/h2-12H2,1H3,(H3,18,19,20);1H. The molecule has 0 radical (unpaired) electrons. The molecule has 0 aliphatic heterocycles. The minimum atomic E-state index is -4.26. The summed E-state index contributed by atoms with van der Waals surface area (Å²) < 4.78 is 39.8. The molecule has 0 unspecified atom stereocenters. The van der Waals surface area contributed by atoms with Gasteiger partial charge >= 0.3 is 6.18 Å². The summed E-state index contributed by atoms with van der Waals surface area (Å²) in [6.45, 7) is 2.17. The van der Waals surface area contributed by atoms with Crippen LogP contribution < -0.4 is 11.1 Å². The largest absolute Gasteiger partial charge is 0.411 e. The highest BCUT2D eigenvalue weighted by atomic mass is 127. The molecule has 8 heteroatoms. The molecule has 0 aromatic carbocycles. The Hall–Kier alpha value is -0.250. The van der Waals surface area contributed by atoms with E-state index in [4.69, 9.17) is 5.73 Å². The highest BCUT2D eigenvalue weighted by molar-refractivity contribution is 14.0. The van der Waals surface area contributed by atoms with E-state index in [9.17, 15) is 13.2 Å². The zero-order valence-corrected chi connectivity index (χ0v) is 15.6. The first-order chi connectivity index (χ1) is 9.95. The van der Waals surface area contributed by atoms with Gasteiger partial charge in [-0.15, -0.1) is 24.0 Å². The SMILES string of the molecule is CCCCCCCCNC(N)=NCCCOCC(F)(F)F.I. The second kappa shape index (κ2) is 15.6. The third-order valence-electron chi connectivity index (χ3n) is 2.83. The number of nitrogens with zero attached hydrogens (tertiary/aromatic N) is 1. The van der Waals surface area contributed by atoms with Crippen molar-refractivity contribution in [2.45, 2.75) is 58.0 Å². The van der Waals surface area contributed by atoms with Gasteiger partial charge in [0.05, 0.1) is 0 Å². The van der Waals surface area contributed by atoms with Gasteiger partial charge in [-0.1, -0.05) is 39.0 Å². The second-order valence-corrected chi connectivity index (χ2v) is 4.98. The van der Waals surface area contributed by atoms with Crippen LogP contribution >= 0.6 is 24.0 Å². The molecule has 0 aliphatic carbocycles. The van der Waals surface area contributed by atoms with Crippen LogP contribution in [0, 0.1) is 0 Å². The summed E-state index contributed by atoms with van der Waals surface area (Å²) in [5.41, 5.74) is 5.64. The van der Waals surface area contributed by atoms with Crippen LogP contribution in [0.2, 0.25) is 0 Å². The zero-order valence-electron chi connectivity index (χ0n) is 13.3. The van der Waals surface area contributed by atoms with Crippen LogP contribution in [0.25, 0.3) is 0 Å². The molecule has 3 N–H and O–H groups in total. The molecule has 0 amide bonds. The lowest BCUT2D eigenvalue weighted by atomic mass is 10.1. The highest BCUT2D eigenvalue weighted by Crippen LogP contribution is 2.14. The van der Waals surface area contributed by atoms with E-state index in [1.54, 1.807) is 0 Å². The molecule has 0 spiro atoms. The van der Waals surface area contributed by atoms with E-state index in [0.717, 1.165) is 13.0 Å².